The molecule has 2 aromatic carbocycles. The predicted octanol–water partition coefficient (Wildman–Crippen LogP) is 1.98. The number of nitrogens with one attached hydrogen (secondary N) is 2. The van der Waals surface area contributed by atoms with Crippen molar-refractivity contribution in [3.8, 4) is 0 Å². The molecule has 1 amide bonds. The van der Waals surface area contributed by atoms with Crippen LogP contribution in [0.3, 0.4) is 0 Å². The lowest BCUT2D eigenvalue weighted by molar-refractivity contribution is 0.102. The molecule has 7 heteroatoms. The van der Waals surface area contributed by atoms with Gasteiger partial charge in [0.2, 0.25) is 0 Å². The van der Waals surface area contributed by atoms with Gasteiger partial charge < -0.3 is 10.3 Å². The van der Waals surface area contributed by atoms with Gasteiger partial charge in [0, 0.05) is 17.4 Å². The Balaban J connectivity index is 1.95. The summed E-state index contributed by atoms with van der Waals surface area (Å²) in [5, 5.41) is 2.57. The number of hydrogen-bond donors (Lipinski definition) is 2. The number of H-pyrrole nitrogens is 1. The van der Waals surface area contributed by atoms with Crippen LogP contribution in [0.25, 0.3) is 0 Å². The first-order chi connectivity index (χ1) is 12.1. The van der Waals surface area contributed by atoms with Crippen LogP contribution in [0, 0.1) is 5.82 Å². The Hall–Kier alpha value is -3.48. The number of anilines is 1. The van der Waals surface area contributed by atoms with E-state index in [1.54, 1.807) is 36.4 Å². The molecule has 0 atom stereocenters. The van der Waals surface area contributed by atoms with Crippen molar-refractivity contribution in [1.29, 1.82) is 0 Å². The number of nitrogens with zero attached hydrogens (tertiary/aromatic N) is 1. The molecule has 6 nitrogen and oxygen atoms in total. The average Bonchev–Trinajstić information content (AvgIpc) is 2.61. The van der Waals surface area contributed by atoms with Crippen LogP contribution >= 0.6 is 0 Å². The number of para-hydroxylation sites is 1. The first kappa shape index (κ1) is 16.4. The number of carbonyl (C=O) groups is 1. The van der Waals surface area contributed by atoms with Crippen molar-refractivity contribution in [2.45, 2.75) is 6.54 Å². The van der Waals surface area contributed by atoms with Gasteiger partial charge in [-0.1, -0.05) is 36.4 Å². The molecule has 3 rings (SSSR count). The van der Waals surface area contributed by atoms with Gasteiger partial charge in [0.1, 0.15) is 11.4 Å². The van der Waals surface area contributed by atoms with Gasteiger partial charge in [-0.25, -0.2) is 9.18 Å². The minimum Gasteiger partial charge on any atom is -0.322 e. The molecule has 2 N–H and O–H groups in total. The first-order valence-electron chi connectivity index (χ1n) is 7.48. The number of benzene rings is 2. The van der Waals surface area contributed by atoms with E-state index in [0.29, 0.717) is 5.69 Å². The number of carbonyl (C=O) groups excluding carboxylic acids is 1. The maximum Gasteiger partial charge on any atom is 0.328 e. The van der Waals surface area contributed by atoms with Crippen LogP contribution in [0.1, 0.15) is 15.9 Å². The third-order valence-electron chi connectivity index (χ3n) is 3.62. The van der Waals surface area contributed by atoms with Gasteiger partial charge in [-0.3, -0.25) is 14.2 Å². The summed E-state index contributed by atoms with van der Waals surface area (Å²) in [7, 11) is 0. The second-order valence-corrected chi connectivity index (χ2v) is 5.31. The zero-order chi connectivity index (χ0) is 17.8. The second kappa shape index (κ2) is 6.96. The van der Waals surface area contributed by atoms with Gasteiger partial charge in [-0.05, 0) is 18.2 Å². The van der Waals surface area contributed by atoms with Crippen molar-refractivity contribution in [3.63, 3.8) is 0 Å². The van der Waals surface area contributed by atoms with Crippen LogP contribution in [0.2, 0.25) is 0 Å². The SMILES string of the molecule is O=C(Nc1ccccc1)c1c[nH]c(=O)n(Cc2ccccc2F)c1=O. The van der Waals surface area contributed by atoms with E-state index in [0.717, 1.165) is 10.8 Å². The summed E-state index contributed by atoms with van der Waals surface area (Å²) in [6.45, 7) is -0.271. The molecule has 0 unspecified atom stereocenters. The van der Waals surface area contributed by atoms with Crippen molar-refractivity contribution in [1.82, 2.24) is 9.55 Å². The molecule has 126 valence electrons. The van der Waals surface area contributed by atoms with Gasteiger partial charge in [-0.15, -0.1) is 0 Å². The molecule has 3 aromatic rings. The van der Waals surface area contributed by atoms with Gasteiger partial charge in [0.05, 0.1) is 6.54 Å². The molecule has 1 heterocycles. The van der Waals surface area contributed by atoms with Crippen LogP contribution in [-0.2, 0) is 6.54 Å². The van der Waals surface area contributed by atoms with Crippen LogP contribution in [0.15, 0.2) is 70.4 Å². The lowest BCUT2D eigenvalue weighted by atomic mass is 10.2. The summed E-state index contributed by atoms with van der Waals surface area (Å²) >= 11 is 0. The fraction of sp³-hybridized carbons (Fsp3) is 0.0556. The van der Waals surface area contributed by atoms with Gasteiger partial charge in [-0.2, -0.15) is 0 Å². The van der Waals surface area contributed by atoms with E-state index in [9.17, 15) is 18.8 Å². The number of aromatic amines is 1. The minimum atomic E-state index is -0.791. The van der Waals surface area contributed by atoms with E-state index in [4.69, 9.17) is 0 Å². The van der Waals surface area contributed by atoms with Crippen molar-refractivity contribution in [2.24, 2.45) is 0 Å². The monoisotopic (exact) mass is 339 g/mol. The zero-order valence-corrected chi connectivity index (χ0v) is 13.0. The summed E-state index contributed by atoms with van der Waals surface area (Å²) in [4.78, 5) is 39.1. The van der Waals surface area contributed by atoms with Crippen LogP contribution in [0.4, 0.5) is 10.1 Å². The van der Waals surface area contributed by atoms with Crippen LogP contribution in [-0.4, -0.2) is 15.5 Å². The van der Waals surface area contributed by atoms with E-state index < -0.39 is 23.0 Å². The van der Waals surface area contributed by atoms with Crippen LogP contribution < -0.4 is 16.6 Å². The Morgan fingerprint density at radius 1 is 1.04 bits per heavy atom. The zero-order valence-electron chi connectivity index (χ0n) is 13.0. The first-order valence-corrected chi connectivity index (χ1v) is 7.48. The molecule has 0 spiro atoms. The van der Waals surface area contributed by atoms with Gasteiger partial charge in [0.25, 0.3) is 11.5 Å². The number of aromatic nitrogens is 2. The molecule has 0 aliphatic rings. The molecule has 0 aliphatic carbocycles. The van der Waals surface area contributed by atoms with Gasteiger partial charge >= 0.3 is 5.69 Å². The Labute approximate surface area is 141 Å². The highest BCUT2D eigenvalue weighted by atomic mass is 19.1. The van der Waals surface area contributed by atoms with Gasteiger partial charge in [0.15, 0.2) is 0 Å². The highest BCUT2D eigenvalue weighted by molar-refractivity contribution is 6.03. The Morgan fingerprint density at radius 2 is 1.72 bits per heavy atom. The highest BCUT2D eigenvalue weighted by Gasteiger charge is 2.16. The Bertz CT molecular complexity index is 1030. The van der Waals surface area contributed by atoms with Crippen LogP contribution in [0.5, 0.6) is 0 Å². The fourth-order valence-electron chi connectivity index (χ4n) is 2.33. The standard InChI is InChI=1S/C18H14FN3O3/c19-15-9-5-4-6-12(15)11-22-17(24)14(10-20-18(22)25)16(23)21-13-7-2-1-3-8-13/h1-10H,11H2,(H,20,25)(H,21,23). The molecule has 0 saturated carbocycles. The van der Waals surface area contributed by atoms with Crippen molar-refractivity contribution in [3.05, 3.63) is 98.6 Å². The molecule has 0 fully saturated rings. The highest BCUT2D eigenvalue weighted by Crippen LogP contribution is 2.08. The minimum absolute atomic E-state index is 0.177. The van der Waals surface area contributed by atoms with Crippen molar-refractivity contribution in [2.75, 3.05) is 5.32 Å². The normalized spacial score (nSPS) is 10.4. The van der Waals surface area contributed by atoms with E-state index in [1.165, 1.54) is 18.2 Å². The Kier molecular flexibility index (Phi) is 4.56. The van der Waals surface area contributed by atoms with Crippen molar-refractivity contribution < 1.29 is 9.18 Å². The molecule has 0 radical (unpaired) electrons. The lowest BCUT2D eigenvalue weighted by Gasteiger charge is -2.08. The summed E-state index contributed by atoms with van der Waals surface area (Å²) in [6.07, 6.45) is 1.06. The molecular formula is C18H14FN3O3. The lowest BCUT2D eigenvalue weighted by Crippen LogP contribution is -2.39. The maximum absolute atomic E-state index is 13.8. The molecule has 0 bridgehead atoms. The van der Waals surface area contributed by atoms with E-state index in [2.05, 4.69) is 10.3 Å². The quantitative estimate of drug-likeness (QED) is 0.762. The fourth-order valence-corrected chi connectivity index (χ4v) is 2.33. The smallest absolute Gasteiger partial charge is 0.322 e. The van der Waals surface area contributed by atoms with E-state index in [1.807, 2.05) is 0 Å². The predicted molar refractivity (Wildman–Crippen MR) is 91.2 cm³/mol. The second-order valence-electron chi connectivity index (χ2n) is 5.31. The summed E-state index contributed by atoms with van der Waals surface area (Å²) in [5.41, 5.74) is -1.06. The molecule has 0 aliphatic heterocycles. The molecular weight excluding hydrogens is 325 g/mol. The third-order valence-corrected chi connectivity index (χ3v) is 3.62. The summed E-state index contributed by atoms with van der Waals surface area (Å²) in [6, 6.07) is 14.4. The summed E-state index contributed by atoms with van der Waals surface area (Å²) < 4.78 is 14.6. The van der Waals surface area contributed by atoms with E-state index in [-0.39, 0.29) is 17.7 Å². The molecule has 1 aromatic heterocycles. The number of hydrogen-bond acceptors (Lipinski definition) is 3. The maximum atomic E-state index is 13.8. The summed E-state index contributed by atoms with van der Waals surface area (Å²) in [5.74, 6) is -1.19. The van der Waals surface area contributed by atoms with E-state index >= 15 is 0 Å². The average molecular weight is 339 g/mol. The Morgan fingerprint density at radius 3 is 2.44 bits per heavy atom. The molecule has 25 heavy (non-hydrogen) atoms. The number of amides is 1. The largest absolute Gasteiger partial charge is 0.328 e. The van der Waals surface area contributed by atoms with Crippen molar-refractivity contribution >= 4 is 11.6 Å². The number of halogens is 1. The third kappa shape index (κ3) is 3.55. The number of rotatable bonds is 4. The topological polar surface area (TPSA) is 84.0 Å². The molecule has 0 saturated heterocycles.